The molecule has 2 aliphatic rings. The molecular formula is C21H24O3. The Labute approximate surface area is 143 Å². The van der Waals surface area contributed by atoms with Crippen molar-refractivity contribution >= 4 is 16.8 Å². The zero-order chi connectivity index (χ0) is 16.7. The van der Waals surface area contributed by atoms with Gasteiger partial charge < -0.3 is 14.2 Å². The van der Waals surface area contributed by atoms with Crippen LogP contribution in [0.15, 0.2) is 42.5 Å². The first-order valence-electron chi connectivity index (χ1n) is 8.58. The summed E-state index contributed by atoms with van der Waals surface area (Å²) in [6.07, 6.45) is 6.56. The monoisotopic (exact) mass is 324 g/mol. The second-order valence-corrected chi connectivity index (χ2v) is 6.72. The molecule has 0 N–H and O–H groups in total. The predicted molar refractivity (Wildman–Crippen MR) is 96.0 cm³/mol. The van der Waals surface area contributed by atoms with Crippen molar-refractivity contribution in [1.29, 1.82) is 0 Å². The van der Waals surface area contributed by atoms with E-state index >= 15 is 0 Å². The third kappa shape index (κ3) is 2.08. The van der Waals surface area contributed by atoms with Crippen molar-refractivity contribution in [2.75, 3.05) is 21.3 Å². The molecule has 2 aromatic carbocycles. The second kappa shape index (κ2) is 5.99. The average molecular weight is 324 g/mol. The number of ether oxygens (including phenoxy) is 3. The van der Waals surface area contributed by atoms with Crippen molar-refractivity contribution in [1.82, 2.24) is 0 Å². The highest BCUT2D eigenvalue weighted by atomic mass is 16.7. The van der Waals surface area contributed by atoms with Crippen LogP contribution in [0, 0.1) is 5.92 Å². The highest BCUT2D eigenvalue weighted by Gasteiger charge is 2.54. The summed E-state index contributed by atoms with van der Waals surface area (Å²) in [5.74, 6) is -0.208. The lowest BCUT2D eigenvalue weighted by Crippen LogP contribution is -2.57. The van der Waals surface area contributed by atoms with E-state index < -0.39 is 5.79 Å². The van der Waals surface area contributed by atoms with E-state index in [2.05, 4.69) is 48.6 Å². The molecular weight excluding hydrogens is 300 g/mol. The SMILES string of the molecule is CO[C@H]1CCC2C=Cc3c(ccc4ccccc34)C2C1(OC)OC. The van der Waals surface area contributed by atoms with Crippen molar-refractivity contribution < 1.29 is 14.2 Å². The number of hydrogen-bond donors (Lipinski definition) is 0. The van der Waals surface area contributed by atoms with Crippen molar-refractivity contribution in [2.45, 2.75) is 30.7 Å². The third-order valence-corrected chi connectivity index (χ3v) is 5.84. The van der Waals surface area contributed by atoms with Crippen LogP contribution in [0.5, 0.6) is 0 Å². The predicted octanol–water partition coefficient (Wildman–Crippen LogP) is 4.36. The molecule has 0 aliphatic heterocycles. The van der Waals surface area contributed by atoms with Crippen LogP contribution in [0.3, 0.4) is 0 Å². The molecule has 0 aromatic heterocycles. The topological polar surface area (TPSA) is 27.7 Å². The molecule has 4 rings (SSSR count). The fourth-order valence-corrected chi connectivity index (χ4v) is 4.74. The van der Waals surface area contributed by atoms with Crippen LogP contribution in [0.1, 0.15) is 29.9 Å². The van der Waals surface area contributed by atoms with Crippen LogP contribution < -0.4 is 0 Å². The van der Waals surface area contributed by atoms with Gasteiger partial charge >= 0.3 is 0 Å². The quantitative estimate of drug-likeness (QED) is 0.785. The molecule has 3 atom stereocenters. The van der Waals surface area contributed by atoms with E-state index in [1.165, 1.54) is 21.9 Å². The van der Waals surface area contributed by atoms with Gasteiger partial charge in [-0.3, -0.25) is 0 Å². The third-order valence-electron chi connectivity index (χ3n) is 5.84. The normalized spacial score (nSPS) is 27.7. The van der Waals surface area contributed by atoms with E-state index in [1.54, 1.807) is 21.3 Å². The van der Waals surface area contributed by atoms with E-state index in [0.29, 0.717) is 5.92 Å². The highest BCUT2D eigenvalue weighted by Crippen LogP contribution is 2.52. The molecule has 0 heterocycles. The number of rotatable bonds is 3. The average Bonchev–Trinajstić information content (AvgIpc) is 2.66. The van der Waals surface area contributed by atoms with Crippen LogP contribution in [-0.2, 0) is 14.2 Å². The molecule has 1 fully saturated rings. The van der Waals surface area contributed by atoms with Crippen LogP contribution >= 0.6 is 0 Å². The Morgan fingerprint density at radius 2 is 1.75 bits per heavy atom. The summed E-state index contributed by atoms with van der Waals surface area (Å²) >= 11 is 0. The maximum absolute atomic E-state index is 5.99. The van der Waals surface area contributed by atoms with Crippen molar-refractivity contribution in [2.24, 2.45) is 5.92 Å². The fourth-order valence-electron chi connectivity index (χ4n) is 4.74. The minimum absolute atomic E-state index is 0.0698. The van der Waals surface area contributed by atoms with Crippen LogP contribution in [0.25, 0.3) is 16.8 Å². The number of methoxy groups -OCH3 is 3. The summed E-state index contributed by atoms with van der Waals surface area (Å²) in [6.45, 7) is 0. The molecule has 2 aliphatic carbocycles. The van der Waals surface area contributed by atoms with Gasteiger partial charge in [-0.25, -0.2) is 0 Å². The molecule has 0 saturated heterocycles. The first kappa shape index (κ1) is 15.8. The van der Waals surface area contributed by atoms with Crippen LogP contribution in [0.4, 0.5) is 0 Å². The van der Waals surface area contributed by atoms with Crippen molar-refractivity contribution in [3.8, 4) is 0 Å². The maximum Gasteiger partial charge on any atom is 0.201 e. The summed E-state index contributed by atoms with van der Waals surface area (Å²) in [4.78, 5) is 0. The van der Waals surface area contributed by atoms with E-state index in [1.807, 2.05) is 0 Å². The lowest BCUT2D eigenvalue weighted by molar-refractivity contribution is -0.294. The number of hydrogen-bond acceptors (Lipinski definition) is 3. The Hall–Kier alpha value is -1.68. The van der Waals surface area contributed by atoms with Gasteiger partial charge in [0.2, 0.25) is 5.79 Å². The van der Waals surface area contributed by atoms with E-state index in [9.17, 15) is 0 Å². The van der Waals surface area contributed by atoms with Gasteiger partial charge in [0.25, 0.3) is 0 Å². The van der Waals surface area contributed by atoms with Gasteiger partial charge in [0.1, 0.15) is 6.10 Å². The Morgan fingerprint density at radius 3 is 2.50 bits per heavy atom. The van der Waals surface area contributed by atoms with E-state index in [0.717, 1.165) is 12.8 Å². The minimum Gasteiger partial charge on any atom is -0.376 e. The molecule has 0 amide bonds. The van der Waals surface area contributed by atoms with Gasteiger partial charge in [0.15, 0.2) is 0 Å². The van der Waals surface area contributed by atoms with Gasteiger partial charge in [-0.15, -0.1) is 0 Å². The Bertz CT molecular complexity index is 776. The summed E-state index contributed by atoms with van der Waals surface area (Å²) in [6, 6.07) is 13.0. The molecule has 2 unspecified atom stereocenters. The van der Waals surface area contributed by atoms with Gasteiger partial charge in [0.05, 0.1) is 0 Å². The van der Waals surface area contributed by atoms with Crippen LogP contribution in [0.2, 0.25) is 0 Å². The first-order valence-corrected chi connectivity index (χ1v) is 8.58. The van der Waals surface area contributed by atoms with Crippen LogP contribution in [-0.4, -0.2) is 33.2 Å². The zero-order valence-electron chi connectivity index (χ0n) is 14.5. The second-order valence-electron chi connectivity index (χ2n) is 6.72. The fraction of sp³-hybridized carbons (Fsp3) is 0.429. The standard InChI is InChI=1S/C21H24O3/c1-22-19-13-10-15-9-11-17-16-7-5-4-6-14(16)8-12-18(17)20(15)21(19,23-2)24-3/h4-9,11-12,15,19-20H,10,13H2,1-3H3/t15?,19-,20?/m0/s1. The minimum atomic E-state index is -0.750. The van der Waals surface area contributed by atoms with Crippen molar-refractivity contribution in [3.05, 3.63) is 53.6 Å². The summed E-state index contributed by atoms with van der Waals surface area (Å²) < 4.78 is 17.7. The maximum atomic E-state index is 5.99. The Morgan fingerprint density at radius 1 is 0.958 bits per heavy atom. The molecule has 2 aromatic rings. The zero-order valence-corrected chi connectivity index (χ0v) is 14.5. The van der Waals surface area contributed by atoms with Crippen molar-refractivity contribution in [3.63, 3.8) is 0 Å². The van der Waals surface area contributed by atoms with Gasteiger partial charge in [-0.1, -0.05) is 48.6 Å². The van der Waals surface area contributed by atoms with E-state index in [4.69, 9.17) is 14.2 Å². The molecule has 0 bridgehead atoms. The lowest BCUT2D eigenvalue weighted by atomic mass is 9.66. The molecule has 0 radical (unpaired) electrons. The number of fused-ring (bicyclic) bond motifs is 5. The summed E-state index contributed by atoms with van der Waals surface area (Å²) in [5, 5.41) is 2.55. The highest BCUT2D eigenvalue weighted by molar-refractivity contribution is 5.92. The molecule has 0 spiro atoms. The molecule has 24 heavy (non-hydrogen) atoms. The van der Waals surface area contributed by atoms with Gasteiger partial charge in [-0.05, 0) is 40.7 Å². The smallest absolute Gasteiger partial charge is 0.201 e. The largest absolute Gasteiger partial charge is 0.376 e. The number of benzene rings is 2. The molecule has 3 nitrogen and oxygen atoms in total. The van der Waals surface area contributed by atoms with Gasteiger partial charge in [0, 0.05) is 27.2 Å². The van der Waals surface area contributed by atoms with Gasteiger partial charge in [-0.2, -0.15) is 0 Å². The Balaban J connectivity index is 1.94. The first-order chi connectivity index (χ1) is 11.7. The molecule has 3 heteroatoms. The Kier molecular flexibility index (Phi) is 3.95. The summed E-state index contributed by atoms with van der Waals surface area (Å²) in [5.41, 5.74) is 2.58. The lowest BCUT2D eigenvalue weighted by Gasteiger charge is -2.50. The number of allylic oxidation sites excluding steroid dienone is 1. The molecule has 1 saturated carbocycles. The molecule has 126 valence electrons. The summed E-state index contributed by atoms with van der Waals surface area (Å²) in [7, 11) is 5.21. The van der Waals surface area contributed by atoms with E-state index in [-0.39, 0.29) is 12.0 Å².